The van der Waals surface area contributed by atoms with Crippen LogP contribution in [0.3, 0.4) is 0 Å². The average molecular weight is 157 g/mol. The lowest BCUT2D eigenvalue weighted by Crippen LogP contribution is -2.23. The molecular formula is C9H19NO. The minimum Gasteiger partial charge on any atom is -0.381 e. The van der Waals surface area contributed by atoms with E-state index >= 15 is 0 Å². The van der Waals surface area contributed by atoms with Gasteiger partial charge in [-0.1, -0.05) is 13.8 Å². The van der Waals surface area contributed by atoms with E-state index in [0.29, 0.717) is 5.41 Å². The predicted molar refractivity (Wildman–Crippen MR) is 46.7 cm³/mol. The molecule has 0 bridgehead atoms. The fourth-order valence-corrected chi connectivity index (χ4v) is 1.78. The third-order valence-corrected chi connectivity index (χ3v) is 2.52. The first-order valence-electron chi connectivity index (χ1n) is 4.70. The fraction of sp³-hybridized carbons (Fsp3) is 1.00. The van der Waals surface area contributed by atoms with Gasteiger partial charge in [-0.3, -0.25) is 0 Å². The first-order chi connectivity index (χ1) is 5.41. The molecule has 0 radical (unpaired) electrons. The van der Waals surface area contributed by atoms with Crippen LogP contribution in [-0.4, -0.2) is 26.3 Å². The second kappa shape index (κ2) is 4.07. The van der Waals surface area contributed by atoms with Gasteiger partial charge in [-0.15, -0.1) is 0 Å². The molecule has 2 heterocycles. The lowest BCUT2D eigenvalue weighted by Gasteiger charge is -2.17. The summed E-state index contributed by atoms with van der Waals surface area (Å²) in [4.78, 5) is 0. The van der Waals surface area contributed by atoms with E-state index in [1.807, 2.05) is 13.8 Å². The lowest BCUT2D eigenvalue weighted by atomic mass is 9.87. The second-order valence-corrected chi connectivity index (χ2v) is 3.23. The van der Waals surface area contributed by atoms with Crippen LogP contribution in [-0.2, 0) is 4.74 Å². The number of hydrogen-bond donors (Lipinski definition) is 1. The zero-order valence-electron chi connectivity index (χ0n) is 7.65. The number of rotatable bonds is 0. The Balaban J connectivity index is 0.000000281. The summed E-state index contributed by atoms with van der Waals surface area (Å²) in [5.41, 5.74) is 0.556. The molecule has 2 nitrogen and oxygen atoms in total. The molecule has 0 aromatic rings. The Kier molecular flexibility index (Phi) is 3.34. The summed E-state index contributed by atoms with van der Waals surface area (Å²) in [5.74, 6) is 0. The summed E-state index contributed by atoms with van der Waals surface area (Å²) in [6.07, 6.45) is 2.60. The van der Waals surface area contributed by atoms with Crippen LogP contribution in [0.4, 0.5) is 0 Å². The molecule has 1 spiro atoms. The minimum atomic E-state index is 0.556. The van der Waals surface area contributed by atoms with Gasteiger partial charge in [0, 0.05) is 18.6 Å². The van der Waals surface area contributed by atoms with Crippen LogP contribution >= 0.6 is 0 Å². The molecule has 2 aliphatic rings. The normalized spacial score (nSPS) is 35.5. The number of nitrogens with one attached hydrogen (secondary N) is 1. The Morgan fingerprint density at radius 3 is 2.55 bits per heavy atom. The summed E-state index contributed by atoms with van der Waals surface area (Å²) < 4.78 is 5.34. The Bertz CT molecular complexity index is 84.6. The zero-order chi connectivity index (χ0) is 8.16. The summed E-state index contributed by atoms with van der Waals surface area (Å²) in [6, 6.07) is 0. The first-order valence-corrected chi connectivity index (χ1v) is 4.70. The van der Waals surface area contributed by atoms with Crippen LogP contribution in [0.2, 0.25) is 0 Å². The molecule has 0 aliphatic carbocycles. The Morgan fingerprint density at radius 2 is 2.09 bits per heavy atom. The van der Waals surface area contributed by atoms with E-state index in [1.54, 1.807) is 0 Å². The maximum absolute atomic E-state index is 5.34. The second-order valence-electron chi connectivity index (χ2n) is 3.23. The Labute approximate surface area is 69.3 Å². The van der Waals surface area contributed by atoms with Gasteiger partial charge in [0.1, 0.15) is 0 Å². The molecule has 1 unspecified atom stereocenters. The van der Waals surface area contributed by atoms with E-state index in [9.17, 15) is 0 Å². The van der Waals surface area contributed by atoms with Crippen molar-refractivity contribution in [3.8, 4) is 0 Å². The smallest absolute Gasteiger partial charge is 0.0535 e. The van der Waals surface area contributed by atoms with Crippen LogP contribution < -0.4 is 5.32 Å². The van der Waals surface area contributed by atoms with Crippen LogP contribution in [0.5, 0.6) is 0 Å². The van der Waals surface area contributed by atoms with Crippen molar-refractivity contribution >= 4 is 0 Å². The van der Waals surface area contributed by atoms with Crippen LogP contribution in [0.1, 0.15) is 26.7 Å². The van der Waals surface area contributed by atoms with Gasteiger partial charge in [0.15, 0.2) is 0 Å². The van der Waals surface area contributed by atoms with Crippen molar-refractivity contribution in [3.63, 3.8) is 0 Å². The van der Waals surface area contributed by atoms with E-state index in [2.05, 4.69) is 5.32 Å². The average Bonchev–Trinajstić information content (AvgIpc) is 2.69. The van der Waals surface area contributed by atoms with E-state index in [0.717, 1.165) is 13.2 Å². The molecule has 66 valence electrons. The van der Waals surface area contributed by atoms with E-state index in [1.165, 1.54) is 25.9 Å². The molecule has 2 saturated heterocycles. The summed E-state index contributed by atoms with van der Waals surface area (Å²) in [5, 5.41) is 3.38. The third kappa shape index (κ3) is 1.94. The van der Waals surface area contributed by atoms with Crippen molar-refractivity contribution in [3.05, 3.63) is 0 Å². The molecule has 0 aromatic heterocycles. The topological polar surface area (TPSA) is 21.3 Å². The van der Waals surface area contributed by atoms with E-state index in [4.69, 9.17) is 4.74 Å². The van der Waals surface area contributed by atoms with Crippen LogP contribution in [0, 0.1) is 5.41 Å². The maximum Gasteiger partial charge on any atom is 0.0535 e. The Hall–Kier alpha value is -0.0800. The molecule has 2 fully saturated rings. The number of ether oxygens (including phenoxy) is 1. The molecule has 2 rings (SSSR count). The van der Waals surface area contributed by atoms with Gasteiger partial charge >= 0.3 is 0 Å². The fourth-order valence-electron chi connectivity index (χ4n) is 1.78. The van der Waals surface area contributed by atoms with Crippen molar-refractivity contribution in [1.29, 1.82) is 0 Å². The summed E-state index contributed by atoms with van der Waals surface area (Å²) in [7, 11) is 0. The molecule has 2 heteroatoms. The van der Waals surface area contributed by atoms with E-state index < -0.39 is 0 Å². The van der Waals surface area contributed by atoms with E-state index in [-0.39, 0.29) is 0 Å². The molecule has 0 amide bonds. The quantitative estimate of drug-likeness (QED) is 0.574. The van der Waals surface area contributed by atoms with Gasteiger partial charge in [-0.2, -0.15) is 0 Å². The summed E-state index contributed by atoms with van der Waals surface area (Å²) in [6.45, 7) is 8.37. The van der Waals surface area contributed by atoms with Gasteiger partial charge in [0.2, 0.25) is 0 Å². The molecular weight excluding hydrogens is 138 g/mol. The molecule has 11 heavy (non-hydrogen) atoms. The maximum atomic E-state index is 5.34. The van der Waals surface area contributed by atoms with Gasteiger partial charge in [0.25, 0.3) is 0 Å². The zero-order valence-corrected chi connectivity index (χ0v) is 7.65. The third-order valence-electron chi connectivity index (χ3n) is 2.52. The molecule has 0 saturated carbocycles. The summed E-state index contributed by atoms with van der Waals surface area (Å²) >= 11 is 0. The molecule has 2 aliphatic heterocycles. The standard InChI is InChI=1S/C7H13NO.C2H6/c1-3-8-5-7(1)2-4-9-6-7;1-2/h8H,1-6H2;1-2H3. The first kappa shape index (κ1) is 9.01. The van der Waals surface area contributed by atoms with Crippen molar-refractivity contribution in [2.45, 2.75) is 26.7 Å². The highest BCUT2D eigenvalue weighted by Gasteiger charge is 2.37. The van der Waals surface area contributed by atoms with Crippen molar-refractivity contribution in [2.24, 2.45) is 5.41 Å². The molecule has 1 atom stereocenters. The molecule has 1 N–H and O–H groups in total. The van der Waals surface area contributed by atoms with Crippen molar-refractivity contribution in [2.75, 3.05) is 26.3 Å². The van der Waals surface area contributed by atoms with Crippen molar-refractivity contribution in [1.82, 2.24) is 5.32 Å². The highest BCUT2D eigenvalue weighted by molar-refractivity contribution is 4.90. The lowest BCUT2D eigenvalue weighted by molar-refractivity contribution is 0.160. The number of hydrogen-bond acceptors (Lipinski definition) is 2. The van der Waals surface area contributed by atoms with Gasteiger partial charge in [0.05, 0.1) is 6.61 Å². The van der Waals surface area contributed by atoms with Crippen molar-refractivity contribution < 1.29 is 4.74 Å². The Morgan fingerprint density at radius 1 is 1.27 bits per heavy atom. The van der Waals surface area contributed by atoms with Gasteiger partial charge in [-0.05, 0) is 19.4 Å². The SMILES string of the molecule is C1CC2(CCOC2)CN1.CC. The minimum absolute atomic E-state index is 0.556. The van der Waals surface area contributed by atoms with Crippen LogP contribution in [0.15, 0.2) is 0 Å². The van der Waals surface area contributed by atoms with Gasteiger partial charge in [-0.25, -0.2) is 0 Å². The highest BCUT2D eigenvalue weighted by atomic mass is 16.5. The predicted octanol–water partition coefficient (Wildman–Crippen LogP) is 1.41. The largest absolute Gasteiger partial charge is 0.381 e. The highest BCUT2D eigenvalue weighted by Crippen LogP contribution is 2.33. The monoisotopic (exact) mass is 157 g/mol. The van der Waals surface area contributed by atoms with Crippen LogP contribution in [0.25, 0.3) is 0 Å². The van der Waals surface area contributed by atoms with Gasteiger partial charge < -0.3 is 10.1 Å². The molecule has 0 aromatic carbocycles.